The fourth-order valence-electron chi connectivity index (χ4n) is 3.14. The summed E-state index contributed by atoms with van der Waals surface area (Å²) in [6, 6.07) is 9.57. The summed E-state index contributed by atoms with van der Waals surface area (Å²) in [6.45, 7) is 8.97. The van der Waals surface area contributed by atoms with E-state index >= 15 is 0 Å². The van der Waals surface area contributed by atoms with Crippen molar-refractivity contribution in [2.45, 2.75) is 26.7 Å². The fourth-order valence-corrected chi connectivity index (χ4v) is 3.14. The second-order valence-corrected chi connectivity index (χ2v) is 6.88. The first-order valence-electron chi connectivity index (χ1n) is 10.2. The van der Waals surface area contributed by atoms with Gasteiger partial charge in [0, 0.05) is 30.9 Å². The van der Waals surface area contributed by atoms with Crippen LogP contribution in [-0.4, -0.2) is 30.4 Å². The number of carbonyl (C=O) groups excluding carboxylic acids is 2. The number of fused-ring (bicyclic) bond motifs is 1. The summed E-state index contributed by atoms with van der Waals surface area (Å²) in [7, 11) is 0. The molecule has 2 rings (SSSR count). The van der Waals surface area contributed by atoms with Gasteiger partial charge < -0.3 is 10.6 Å². The van der Waals surface area contributed by atoms with Gasteiger partial charge in [0.1, 0.15) is 5.82 Å². The van der Waals surface area contributed by atoms with E-state index in [1.807, 2.05) is 37.3 Å². The number of aromatic nitrogens is 1. The Labute approximate surface area is 178 Å². The van der Waals surface area contributed by atoms with Crippen LogP contribution in [0.3, 0.4) is 0 Å². The fraction of sp³-hybridized carbons (Fsp3) is 0.292. The predicted molar refractivity (Wildman–Crippen MR) is 123 cm³/mol. The van der Waals surface area contributed by atoms with Gasteiger partial charge in [0.15, 0.2) is 0 Å². The molecule has 0 aliphatic heterocycles. The number of amides is 2. The zero-order chi connectivity index (χ0) is 21.8. The minimum absolute atomic E-state index is 0.227. The number of carbonyl (C=O) groups is 2. The molecule has 1 atom stereocenters. The second kappa shape index (κ2) is 12.2. The Balaban J connectivity index is 2.21. The SMILES string of the molecule is C=CNCCC(CC)CNC(=O)C(/C=C\C)=C/N(C=O)c1nccc2ccccc12. The van der Waals surface area contributed by atoms with Crippen molar-refractivity contribution in [1.82, 2.24) is 15.6 Å². The number of allylic oxidation sites excluding steroid dienone is 1. The molecule has 6 heteroatoms. The summed E-state index contributed by atoms with van der Waals surface area (Å²) < 4.78 is 0. The van der Waals surface area contributed by atoms with E-state index in [1.54, 1.807) is 24.5 Å². The lowest BCUT2D eigenvalue weighted by Gasteiger charge is -2.18. The van der Waals surface area contributed by atoms with E-state index < -0.39 is 0 Å². The maximum Gasteiger partial charge on any atom is 0.252 e. The zero-order valence-electron chi connectivity index (χ0n) is 17.7. The van der Waals surface area contributed by atoms with E-state index in [0.717, 1.165) is 30.2 Å². The molecule has 0 bridgehead atoms. The Morgan fingerprint density at radius 1 is 1.30 bits per heavy atom. The largest absolute Gasteiger partial charge is 0.391 e. The van der Waals surface area contributed by atoms with Crippen molar-refractivity contribution in [2.24, 2.45) is 5.92 Å². The van der Waals surface area contributed by atoms with Crippen LogP contribution in [-0.2, 0) is 9.59 Å². The molecule has 0 spiro atoms. The van der Waals surface area contributed by atoms with E-state index in [9.17, 15) is 9.59 Å². The third-order valence-corrected chi connectivity index (χ3v) is 4.87. The smallest absolute Gasteiger partial charge is 0.252 e. The first-order valence-corrected chi connectivity index (χ1v) is 10.2. The van der Waals surface area contributed by atoms with Gasteiger partial charge in [-0.25, -0.2) is 4.98 Å². The molecule has 2 N–H and O–H groups in total. The van der Waals surface area contributed by atoms with E-state index in [4.69, 9.17) is 0 Å². The molecule has 1 unspecified atom stereocenters. The quantitative estimate of drug-likeness (QED) is 0.242. The second-order valence-electron chi connectivity index (χ2n) is 6.88. The normalized spacial score (nSPS) is 12.5. The van der Waals surface area contributed by atoms with Gasteiger partial charge in [-0.15, -0.1) is 0 Å². The number of hydrogen-bond acceptors (Lipinski definition) is 4. The van der Waals surface area contributed by atoms with Gasteiger partial charge in [0.25, 0.3) is 5.91 Å². The molecule has 0 radical (unpaired) electrons. The van der Waals surface area contributed by atoms with Crippen molar-refractivity contribution in [2.75, 3.05) is 18.0 Å². The lowest BCUT2D eigenvalue weighted by molar-refractivity contribution is -0.117. The number of benzene rings is 1. The first kappa shape index (κ1) is 22.9. The van der Waals surface area contributed by atoms with Gasteiger partial charge in [-0.2, -0.15) is 0 Å². The maximum absolute atomic E-state index is 12.8. The van der Waals surface area contributed by atoms with Gasteiger partial charge in [-0.05, 0) is 36.9 Å². The summed E-state index contributed by atoms with van der Waals surface area (Å²) in [5.41, 5.74) is 0.387. The molecule has 6 nitrogen and oxygen atoms in total. The average molecular weight is 407 g/mol. The van der Waals surface area contributed by atoms with Crippen LogP contribution in [0, 0.1) is 5.92 Å². The van der Waals surface area contributed by atoms with Crippen LogP contribution >= 0.6 is 0 Å². The molecule has 1 heterocycles. The standard InChI is InChI=1S/C24H30N4O2/c1-4-9-21(24(30)27-16-19(5-2)12-14-25-6-3)17-28(18-29)23-22-11-8-7-10-20(22)13-15-26-23/h4,6-11,13,15,17-19,25H,3,5,12,14,16H2,1-2H3,(H,27,30)/b9-4-,21-17+. The minimum atomic E-state index is -0.227. The lowest BCUT2D eigenvalue weighted by Crippen LogP contribution is -2.32. The Morgan fingerprint density at radius 3 is 2.80 bits per heavy atom. The van der Waals surface area contributed by atoms with Crippen molar-refractivity contribution < 1.29 is 9.59 Å². The molecule has 1 aromatic heterocycles. The summed E-state index contributed by atoms with van der Waals surface area (Å²) in [5.74, 6) is 0.616. The highest BCUT2D eigenvalue weighted by Crippen LogP contribution is 2.24. The van der Waals surface area contributed by atoms with E-state index in [2.05, 4.69) is 29.1 Å². The highest BCUT2D eigenvalue weighted by molar-refractivity contribution is 6.00. The van der Waals surface area contributed by atoms with Crippen molar-refractivity contribution in [3.05, 3.63) is 73.2 Å². The minimum Gasteiger partial charge on any atom is -0.391 e. The van der Waals surface area contributed by atoms with Crippen LogP contribution in [0.5, 0.6) is 0 Å². The van der Waals surface area contributed by atoms with E-state index in [-0.39, 0.29) is 5.91 Å². The molecule has 0 fully saturated rings. The molecule has 158 valence electrons. The molecule has 1 aromatic carbocycles. The monoisotopic (exact) mass is 406 g/mol. The van der Waals surface area contributed by atoms with E-state index in [1.165, 1.54) is 11.1 Å². The molecule has 2 aromatic rings. The topological polar surface area (TPSA) is 74.3 Å². The highest BCUT2D eigenvalue weighted by Gasteiger charge is 2.14. The molecule has 0 aliphatic rings. The van der Waals surface area contributed by atoms with Crippen molar-refractivity contribution in [1.29, 1.82) is 0 Å². The maximum atomic E-state index is 12.8. The van der Waals surface area contributed by atoms with Gasteiger partial charge >= 0.3 is 0 Å². The molecule has 30 heavy (non-hydrogen) atoms. The van der Waals surface area contributed by atoms with Crippen LogP contribution in [0.15, 0.2) is 73.2 Å². The van der Waals surface area contributed by atoms with Gasteiger partial charge in [-0.1, -0.05) is 56.3 Å². The summed E-state index contributed by atoms with van der Waals surface area (Å²) in [4.78, 5) is 30.4. The summed E-state index contributed by atoms with van der Waals surface area (Å²) in [5, 5.41) is 7.88. The number of nitrogens with zero attached hydrogens (tertiary/aromatic N) is 2. The molecular formula is C24H30N4O2. The van der Waals surface area contributed by atoms with Crippen LogP contribution in [0.2, 0.25) is 0 Å². The number of nitrogens with one attached hydrogen (secondary N) is 2. The third kappa shape index (κ3) is 6.30. The van der Waals surface area contributed by atoms with Gasteiger partial charge in [-0.3, -0.25) is 14.5 Å². The van der Waals surface area contributed by atoms with Crippen LogP contribution < -0.4 is 15.5 Å². The van der Waals surface area contributed by atoms with Crippen LogP contribution in [0.25, 0.3) is 10.8 Å². The van der Waals surface area contributed by atoms with Crippen molar-refractivity contribution in [3.8, 4) is 0 Å². The average Bonchev–Trinajstić information content (AvgIpc) is 2.78. The number of pyridine rings is 1. The summed E-state index contributed by atoms with van der Waals surface area (Å²) >= 11 is 0. The van der Waals surface area contributed by atoms with E-state index in [0.29, 0.717) is 30.3 Å². The third-order valence-electron chi connectivity index (χ3n) is 4.87. The van der Waals surface area contributed by atoms with Crippen LogP contribution in [0.1, 0.15) is 26.7 Å². The number of rotatable bonds is 12. The summed E-state index contributed by atoms with van der Waals surface area (Å²) in [6.07, 6.45) is 10.9. The van der Waals surface area contributed by atoms with Crippen molar-refractivity contribution >= 4 is 28.9 Å². The number of hydrogen-bond donors (Lipinski definition) is 2. The Morgan fingerprint density at radius 2 is 2.10 bits per heavy atom. The van der Waals surface area contributed by atoms with Gasteiger partial charge in [0.05, 0.1) is 5.57 Å². The lowest BCUT2D eigenvalue weighted by atomic mass is 10.0. The van der Waals surface area contributed by atoms with Crippen molar-refractivity contribution in [3.63, 3.8) is 0 Å². The molecule has 0 saturated heterocycles. The van der Waals surface area contributed by atoms with Crippen LogP contribution in [0.4, 0.5) is 5.82 Å². The molecular weight excluding hydrogens is 376 g/mol. The molecule has 0 aliphatic carbocycles. The number of anilines is 1. The highest BCUT2D eigenvalue weighted by atomic mass is 16.2. The van der Waals surface area contributed by atoms with Gasteiger partial charge in [0.2, 0.25) is 6.41 Å². The molecule has 0 saturated carbocycles. The Hall–Kier alpha value is -3.41. The Kier molecular flexibility index (Phi) is 9.31. The molecule has 2 amide bonds. The zero-order valence-corrected chi connectivity index (χ0v) is 17.7. The first-order chi connectivity index (χ1) is 14.6. The Bertz CT molecular complexity index is 915. The predicted octanol–water partition coefficient (Wildman–Crippen LogP) is 3.92.